The molecule has 0 aliphatic heterocycles. The Kier molecular flexibility index (Phi) is 4.29. The van der Waals surface area contributed by atoms with Crippen LogP contribution in [0.2, 0.25) is 0 Å². The molecule has 0 aliphatic rings. The lowest BCUT2D eigenvalue weighted by Crippen LogP contribution is -2.08. The van der Waals surface area contributed by atoms with Crippen molar-refractivity contribution in [2.75, 3.05) is 31.3 Å². The maximum atomic E-state index is 12.0. The molecular weight excluding hydrogens is 272 g/mol. The molecule has 1 aromatic carbocycles. The van der Waals surface area contributed by atoms with Crippen LogP contribution in [0, 0.1) is 0 Å². The van der Waals surface area contributed by atoms with Crippen molar-refractivity contribution in [3.05, 3.63) is 35.2 Å². The summed E-state index contributed by atoms with van der Waals surface area (Å²) in [5, 5.41) is 2.39. The fourth-order valence-electron chi connectivity index (χ4n) is 1.94. The Morgan fingerprint density at radius 2 is 1.95 bits per heavy atom. The van der Waals surface area contributed by atoms with Gasteiger partial charge in [0.05, 0.1) is 6.61 Å². The molecule has 1 aromatic heterocycles. The fraction of sp³-hybridized carbons (Fsp3) is 0.267. The van der Waals surface area contributed by atoms with Gasteiger partial charge >= 0.3 is 5.97 Å². The van der Waals surface area contributed by atoms with Gasteiger partial charge in [0.1, 0.15) is 10.6 Å². The van der Waals surface area contributed by atoms with Crippen LogP contribution in [0.15, 0.2) is 29.6 Å². The third kappa shape index (κ3) is 2.77. The molecule has 2 N–H and O–H groups in total. The Hall–Kier alpha value is -2.01. The van der Waals surface area contributed by atoms with Crippen LogP contribution >= 0.6 is 11.3 Å². The zero-order valence-electron chi connectivity index (χ0n) is 11.8. The Balaban J connectivity index is 2.40. The molecule has 106 valence electrons. The summed E-state index contributed by atoms with van der Waals surface area (Å²) in [7, 11) is 3.98. The summed E-state index contributed by atoms with van der Waals surface area (Å²) in [6.45, 7) is 2.12. The van der Waals surface area contributed by atoms with Gasteiger partial charge in [-0.2, -0.15) is 0 Å². The standard InChI is InChI=1S/C15H18N2O2S/c1-4-19-15(18)13-12(9-20-14(13)16)10-5-7-11(8-6-10)17(2)3/h5-9H,4,16H2,1-3H3. The number of carbonyl (C=O) groups excluding carboxylic acids is 1. The molecule has 2 aromatic rings. The van der Waals surface area contributed by atoms with E-state index in [-0.39, 0.29) is 5.97 Å². The molecule has 0 fully saturated rings. The van der Waals surface area contributed by atoms with Crippen LogP contribution in [0.3, 0.4) is 0 Å². The van der Waals surface area contributed by atoms with Crippen LogP contribution in [-0.4, -0.2) is 26.7 Å². The molecule has 0 saturated carbocycles. The molecule has 2 rings (SSSR count). The molecule has 0 saturated heterocycles. The van der Waals surface area contributed by atoms with Crippen molar-refractivity contribution >= 4 is 28.0 Å². The average Bonchev–Trinajstić information content (AvgIpc) is 2.81. The molecule has 0 unspecified atom stereocenters. The van der Waals surface area contributed by atoms with E-state index in [0.717, 1.165) is 16.8 Å². The Morgan fingerprint density at radius 3 is 2.50 bits per heavy atom. The van der Waals surface area contributed by atoms with Crippen LogP contribution in [0.25, 0.3) is 11.1 Å². The van der Waals surface area contributed by atoms with Gasteiger partial charge in [-0.1, -0.05) is 12.1 Å². The van der Waals surface area contributed by atoms with E-state index < -0.39 is 0 Å². The predicted octanol–water partition coefficient (Wildman–Crippen LogP) is 3.24. The van der Waals surface area contributed by atoms with Crippen LogP contribution in [0.5, 0.6) is 0 Å². The SMILES string of the molecule is CCOC(=O)c1c(-c2ccc(N(C)C)cc2)csc1N. The largest absolute Gasteiger partial charge is 0.462 e. The number of thiophene rings is 1. The molecule has 0 amide bonds. The Labute approximate surface area is 122 Å². The number of nitrogens with zero attached hydrogens (tertiary/aromatic N) is 1. The van der Waals surface area contributed by atoms with Crippen LogP contribution in [-0.2, 0) is 4.74 Å². The number of hydrogen-bond donors (Lipinski definition) is 1. The third-order valence-corrected chi connectivity index (χ3v) is 3.81. The second kappa shape index (κ2) is 5.96. The predicted molar refractivity (Wildman–Crippen MR) is 84.5 cm³/mol. The Bertz CT molecular complexity index is 603. The highest BCUT2D eigenvalue weighted by Crippen LogP contribution is 2.34. The van der Waals surface area contributed by atoms with E-state index in [1.54, 1.807) is 6.92 Å². The maximum absolute atomic E-state index is 12.0. The van der Waals surface area contributed by atoms with Gasteiger partial charge in [-0.05, 0) is 24.6 Å². The summed E-state index contributed by atoms with van der Waals surface area (Å²) in [5.41, 5.74) is 9.27. The maximum Gasteiger partial charge on any atom is 0.341 e. The molecular formula is C15H18N2O2S. The number of rotatable bonds is 4. The van der Waals surface area contributed by atoms with E-state index in [1.807, 2.05) is 48.6 Å². The summed E-state index contributed by atoms with van der Waals surface area (Å²) in [5.74, 6) is -0.363. The number of esters is 1. The summed E-state index contributed by atoms with van der Waals surface area (Å²) < 4.78 is 5.07. The summed E-state index contributed by atoms with van der Waals surface area (Å²) in [6, 6.07) is 8.00. The summed E-state index contributed by atoms with van der Waals surface area (Å²) >= 11 is 1.36. The molecule has 0 radical (unpaired) electrons. The van der Waals surface area contributed by atoms with Gasteiger partial charge in [0.15, 0.2) is 0 Å². The average molecular weight is 290 g/mol. The highest BCUT2D eigenvalue weighted by molar-refractivity contribution is 7.14. The first-order valence-corrected chi connectivity index (χ1v) is 7.24. The van der Waals surface area contributed by atoms with Crippen molar-refractivity contribution in [2.45, 2.75) is 6.92 Å². The summed E-state index contributed by atoms with van der Waals surface area (Å²) in [4.78, 5) is 14.0. The number of hydrogen-bond acceptors (Lipinski definition) is 5. The zero-order chi connectivity index (χ0) is 14.7. The van der Waals surface area contributed by atoms with Crippen LogP contribution in [0.4, 0.5) is 10.7 Å². The minimum atomic E-state index is -0.363. The number of nitrogens with two attached hydrogens (primary N) is 1. The lowest BCUT2D eigenvalue weighted by molar-refractivity contribution is 0.0529. The highest BCUT2D eigenvalue weighted by Gasteiger charge is 2.19. The van der Waals surface area contributed by atoms with Gasteiger partial charge in [-0.3, -0.25) is 0 Å². The zero-order valence-corrected chi connectivity index (χ0v) is 12.7. The van der Waals surface area contributed by atoms with E-state index in [1.165, 1.54) is 11.3 Å². The van der Waals surface area contributed by atoms with Gasteiger partial charge in [0, 0.05) is 30.7 Å². The number of carbonyl (C=O) groups is 1. The topological polar surface area (TPSA) is 55.6 Å². The molecule has 0 atom stereocenters. The van der Waals surface area contributed by atoms with Crippen molar-refractivity contribution in [2.24, 2.45) is 0 Å². The highest BCUT2D eigenvalue weighted by atomic mass is 32.1. The number of ether oxygens (including phenoxy) is 1. The monoisotopic (exact) mass is 290 g/mol. The van der Waals surface area contributed by atoms with E-state index in [0.29, 0.717) is 17.2 Å². The van der Waals surface area contributed by atoms with Gasteiger partial charge in [-0.25, -0.2) is 4.79 Å². The molecule has 4 nitrogen and oxygen atoms in total. The molecule has 0 aliphatic carbocycles. The van der Waals surface area contributed by atoms with E-state index >= 15 is 0 Å². The Morgan fingerprint density at radius 1 is 1.30 bits per heavy atom. The quantitative estimate of drug-likeness (QED) is 0.878. The van der Waals surface area contributed by atoms with E-state index in [9.17, 15) is 4.79 Å². The van der Waals surface area contributed by atoms with E-state index in [2.05, 4.69) is 0 Å². The fourth-order valence-corrected chi connectivity index (χ4v) is 2.75. The normalized spacial score (nSPS) is 10.3. The first-order chi connectivity index (χ1) is 9.54. The minimum absolute atomic E-state index is 0.340. The summed E-state index contributed by atoms with van der Waals surface area (Å²) in [6.07, 6.45) is 0. The van der Waals surface area contributed by atoms with Crippen molar-refractivity contribution in [3.8, 4) is 11.1 Å². The molecule has 0 bridgehead atoms. The van der Waals surface area contributed by atoms with Crippen molar-refractivity contribution in [3.63, 3.8) is 0 Å². The number of nitrogen functional groups attached to an aromatic ring is 1. The van der Waals surface area contributed by atoms with Gasteiger partial charge in [0.25, 0.3) is 0 Å². The number of benzene rings is 1. The molecule has 0 spiro atoms. The van der Waals surface area contributed by atoms with E-state index in [4.69, 9.17) is 10.5 Å². The van der Waals surface area contributed by atoms with Crippen molar-refractivity contribution < 1.29 is 9.53 Å². The number of anilines is 2. The molecule has 1 heterocycles. The van der Waals surface area contributed by atoms with Crippen LogP contribution < -0.4 is 10.6 Å². The second-order valence-electron chi connectivity index (χ2n) is 4.55. The van der Waals surface area contributed by atoms with Gasteiger partial charge in [-0.15, -0.1) is 11.3 Å². The minimum Gasteiger partial charge on any atom is -0.462 e. The second-order valence-corrected chi connectivity index (χ2v) is 5.46. The van der Waals surface area contributed by atoms with Gasteiger partial charge < -0.3 is 15.4 Å². The molecule has 20 heavy (non-hydrogen) atoms. The lowest BCUT2D eigenvalue weighted by Gasteiger charge is -2.13. The molecule has 5 heteroatoms. The van der Waals surface area contributed by atoms with Crippen molar-refractivity contribution in [1.82, 2.24) is 0 Å². The first kappa shape index (κ1) is 14.4. The van der Waals surface area contributed by atoms with Gasteiger partial charge in [0.2, 0.25) is 0 Å². The smallest absolute Gasteiger partial charge is 0.341 e. The van der Waals surface area contributed by atoms with Crippen molar-refractivity contribution in [1.29, 1.82) is 0 Å². The lowest BCUT2D eigenvalue weighted by atomic mass is 10.0. The van der Waals surface area contributed by atoms with Crippen LogP contribution in [0.1, 0.15) is 17.3 Å². The first-order valence-electron chi connectivity index (χ1n) is 6.36. The third-order valence-electron chi connectivity index (χ3n) is 2.99.